The Morgan fingerprint density at radius 2 is 2.11 bits per heavy atom. The second-order valence-electron chi connectivity index (χ2n) is 4.75. The molecule has 2 rings (SSSR count). The SMILES string of the molecule is Cc1ccc(NC(=O)CCc2nc(C)cs2)c(C)c1. The fraction of sp³-hybridized carbons (Fsp3) is 0.333. The van der Waals surface area contributed by atoms with Gasteiger partial charge in [-0.1, -0.05) is 17.7 Å². The molecule has 0 atom stereocenters. The second kappa shape index (κ2) is 5.97. The van der Waals surface area contributed by atoms with Gasteiger partial charge >= 0.3 is 0 Å². The van der Waals surface area contributed by atoms with Crippen LogP contribution in [0.2, 0.25) is 0 Å². The Bertz CT molecular complexity index is 590. The Labute approximate surface area is 117 Å². The first kappa shape index (κ1) is 13.7. The zero-order chi connectivity index (χ0) is 13.8. The number of nitrogens with one attached hydrogen (secondary N) is 1. The number of amides is 1. The molecule has 0 aliphatic carbocycles. The zero-order valence-corrected chi connectivity index (χ0v) is 12.3. The summed E-state index contributed by atoms with van der Waals surface area (Å²) in [5.74, 6) is 0.0415. The van der Waals surface area contributed by atoms with Gasteiger partial charge in [0.25, 0.3) is 0 Å². The molecule has 1 amide bonds. The van der Waals surface area contributed by atoms with Crippen molar-refractivity contribution >= 4 is 22.9 Å². The molecule has 2 aromatic rings. The predicted octanol–water partition coefficient (Wildman–Crippen LogP) is 3.64. The number of carbonyl (C=O) groups excluding carboxylic acids is 1. The molecule has 0 aliphatic rings. The van der Waals surface area contributed by atoms with Crippen molar-refractivity contribution in [3.05, 3.63) is 45.4 Å². The summed E-state index contributed by atoms with van der Waals surface area (Å²) >= 11 is 1.61. The molecule has 1 heterocycles. The number of aromatic nitrogens is 1. The van der Waals surface area contributed by atoms with Crippen molar-refractivity contribution in [3.63, 3.8) is 0 Å². The van der Waals surface area contributed by atoms with E-state index < -0.39 is 0 Å². The normalized spacial score (nSPS) is 10.5. The molecule has 0 bridgehead atoms. The van der Waals surface area contributed by atoms with Gasteiger partial charge in [0.05, 0.1) is 5.01 Å². The summed E-state index contributed by atoms with van der Waals surface area (Å²) in [7, 11) is 0. The first-order valence-corrected chi connectivity index (χ1v) is 7.20. The van der Waals surface area contributed by atoms with Crippen molar-refractivity contribution in [2.45, 2.75) is 33.6 Å². The van der Waals surface area contributed by atoms with Crippen LogP contribution in [0.4, 0.5) is 5.69 Å². The summed E-state index contributed by atoms with van der Waals surface area (Å²) in [5, 5.41) is 5.99. The van der Waals surface area contributed by atoms with Gasteiger partial charge in [-0.15, -0.1) is 11.3 Å². The van der Waals surface area contributed by atoms with Crippen LogP contribution in [0.1, 0.15) is 28.2 Å². The molecule has 1 N–H and O–H groups in total. The lowest BCUT2D eigenvalue weighted by Crippen LogP contribution is -2.13. The molecule has 0 aliphatic heterocycles. The van der Waals surface area contributed by atoms with E-state index in [0.29, 0.717) is 12.8 Å². The summed E-state index contributed by atoms with van der Waals surface area (Å²) in [6.45, 7) is 6.02. The summed E-state index contributed by atoms with van der Waals surface area (Å²) in [5.41, 5.74) is 4.22. The monoisotopic (exact) mass is 274 g/mol. The standard InChI is InChI=1S/C15H18N2OS/c1-10-4-5-13(11(2)8-10)17-14(18)6-7-15-16-12(3)9-19-15/h4-5,8-9H,6-7H2,1-3H3,(H,17,18). The van der Waals surface area contributed by atoms with Gasteiger partial charge in [-0.3, -0.25) is 4.79 Å². The van der Waals surface area contributed by atoms with Gasteiger partial charge in [0.15, 0.2) is 0 Å². The average molecular weight is 274 g/mol. The Hall–Kier alpha value is -1.68. The summed E-state index contributed by atoms with van der Waals surface area (Å²) in [4.78, 5) is 16.3. The van der Waals surface area contributed by atoms with Crippen LogP contribution in [-0.4, -0.2) is 10.9 Å². The Kier molecular flexibility index (Phi) is 4.32. The minimum absolute atomic E-state index is 0.0415. The maximum Gasteiger partial charge on any atom is 0.224 e. The number of anilines is 1. The smallest absolute Gasteiger partial charge is 0.224 e. The summed E-state index contributed by atoms with van der Waals surface area (Å²) < 4.78 is 0. The van der Waals surface area contributed by atoms with E-state index in [-0.39, 0.29) is 5.91 Å². The fourth-order valence-corrected chi connectivity index (χ4v) is 2.68. The van der Waals surface area contributed by atoms with Crippen LogP contribution < -0.4 is 5.32 Å². The van der Waals surface area contributed by atoms with Crippen LogP contribution >= 0.6 is 11.3 Å². The van der Waals surface area contributed by atoms with E-state index in [1.165, 1.54) is 5.56 Å². The Morgan fingerprint density at radius 1 is 1.32 bits per heavy atom. The first-order valence-electron chi connectivity index (χ1n) is 6.32. The third-order valence-electron chi connectivity index (χ3n) is 2.89. The van der Waals surface area contributed by atoms with Crippen LogP contribution in [0, 0.1) is 20.8 Å². The lowest BCUT2D eigenvalue weighted by Gasteiger charge is -2.08. The van der Waals surface area contributed by atoms with Gasteiger partial charge in [0, 0.05) is 29.6 Å². The number of aryl methyl sites for hydroxylation is 4. The third-order valence-corrected chi connectivity index (χ3v) is 3.91. The minimum Gasteiger partial charge on any atom is -0.326 e. The minimum atomic E-state index is 0.0415. The molecule has 0 saturated carbocycles. The van der Waals surface area contributed by atoms with Crippen LogP contribution in [0.15, 0.2) is 23.6 Å². The van der Waals surface area contributed by atoms with Gasteiger partial charge in [-0.2, -0.15) is 0 Å². The van der Waals surface area contributed by atoms with Gasteiger partial charge in [-0.25, -0.2) is 4.98 Å². The molecular formula is C15H18N2OS. The maximum absolute atomic E-state index is 11.9. The van der Waals surface area contributed by atoms with E-state index in [9.17, 15) is 4.79 Å². The van der Waals surface area contributed by atoms with Crippen LogP contribution in [0.3, 0.4) is 0 Å². The molecule has 0 spiro atoms. The number of hydrogen-bond donors (Lipinski definition) is 1. The number of hydrogen-bond acceptors (Lipinski definition) is 3. The first-order chi connectivity index (χ1) is 9.04. The zero-order valence-electron chi connectivity index (χ0n) is 11.5. The molecule has 0 fully saturated rings. The molecule has 3 nitrogen and oxygen atoms in total. The van der Waals surface area contributed by atoms with Crippen molar-refractivity contribution < 1.29 is 4.79 Å². The quantitative estimate of drug-likeness (QED) is 0.925. The fourth-order valence-electron chi connectivity index (χ4n) is 1.90. The number of thiazole rings is 1. The van der Waals surface area contributed by atoms with E-state index in [4.69, 9.17) is 0 Å². The van der Waals surface area contributed by atoms with Gasteiger partial charge in [0.2, 0.25) is 5.91 Å². The molecule has 0 unspecified atom stereocenters. The summed E-state index contributed by atoms with van der Waals surface area (Å²) in [6, 6.07) is 6.03. The van der Waals surface area contributed by atoms with E-state index in [0.717, 1.165) is 22.0 Å². The number of rotatable bonds is 4. The topological polar surface area (TPSA) is 42.0 Å². The Balaban J connectivity index is 1.90. The predicted molar refractivity (Wildman–Crippen MR) is 79.7 cm³/mol. The van der Waals surface area contributed by atoms with E-state index in [1.54, 1.807) is 11.3 Å². The molecule has 100 valence electrons. The van der Waals surface area contributed by atoms with E-state index >= 15 is 0 Å². The van der Waals surface area contributed by atoms with Crippen LogP contribution in [0.25, 0.3) is 0 Å². The van der Waals surface area contributed by atoms with Gasteiger partial charge in [-0.05, 0) is 32.4 Å². The Morgan fingerprint density at radius 3 is 2.74 bits per heavy atom. The van der Waals surface area contributed by atoms with Crippen molar-refractivity contribution in [2.75, 3.05) is 5.32 Å². The summed E-state index contributed by atoms with van der Waals surface area (Å²) in [6.07, 6.45) is 1.18. The van der Waals surface area contributed by atoms with Crippen molar-refractivity contribution in [1.82, 2.24) is 4.98 Å². The van der Waals surface area contributed by atoms with Crippen molar-refractivity contribution in [1.29, 1.82) is 0 Å². The molecule has 1 aromatic heterocycles. The highest BCUT2D eigenvalue weighted by Gasteiger charge is 2.07. The van der Waals surface area contributed by atoms with E-state index in [2.05, 4.69) is 16.4 Å². The maximum atomic E-state index is 11.9. The highest BCUT2D eigenvalue weighted by Crippen LogP contribution is 2.17. The van der Waals surface area contributed by atoms with Crippen molar-refractivity contribution in [3.8, 4) is 0 Å². The highest BCUT2D eigenvalue weighted by atomic mass is 32.1. The largest absolute Gasteiger partial charge is 0.326 e. The van der Waals surface area contributed by atoms with Crippen molar-refractivity contribution in [2.24, 2.45) is 0 Å². The van der Waals surface area contributed by atoms with Crippen LogP contribution in [0.5, 0.6) is 0 Å². The highest BCUT2D eigenvalue weighted by molar-refractivity contribution is 7.09. The molecule has 4 heteroatoms. The number of benzene rings is 1. The van der Waals surface area contributed by atoms with Gasteiger partial charge < -0.3 is 5.32 Å². The second-order valence-corrected chi connectivity index (χ2v) is 5.69. The van der Waals surface area contributed by atoms with E-state index in [1.807, 2.05) is 38.3 Å². The molecular weight excluding hydrogens is 256 g/mol. The van der Waals surface area contributed by atoms with Crippen LogP contribution in [-0.2, 0) is 11.2 Å². The molecule has 0 radical (unpaired) electrons. The molecule has 19 heavy (non-hydrogen) atoms. The lowest BCUT2D eigenvalue weighted by molar-refractivity contribution is -0.116. The average Bonchev–Trinajstić information content (AvgIpc) is 2.76. The lowest BCUT2D eigenvalue weighted by atomic mass is 10.1. The molecule has 0 saturated heterocycles. The number of carbonyl (C=O) groups is 1. The number of nitrogens with zero attached hydrogens (tertiary/aromatic N) is 1. The molecule has 1 aromatic carbocycles. The third kappa shape index (κ3) is 3.89. The van der Waals surface area contributed by atoms with Gasteiger partial charge in [0.1, 0.15) is 0 Å².